The fraction of sp³-hybridized carbons (Fsp3) is 0.188. The second-order valence-corrected chi connectivity index (χ2v) is 13.1. The number of anilines is 1. The van der Waals surface area contributed by atoms with Crippen LogP contribution >= 0.6 is 27.5 Å². The third kappa shape index (κ3) is 8.44. The first-order chi connectivity index (χ1) is 21.3. The first kappa shape index (κ1) is 34.0. The lowest BCUT2D eigenvalue weighted by molar-refractivity contribution is -0.139. The van der Waals surface area contributed by atoms with E-state index < -0.39 is 56.9 Å². The topological polar surface area (TPSA) is 86.8 Å². The third-order valence-electron chi connectivity index (χ3n) is 6.91. The Balaban J connectivity index is 1.84. The lowest BCUT2D eigenvalue weighted by Gasteiger charge is -2.33. The van der Waals surface area contributed by atoms with Crippen molar-refractivity contribution >= 4 is 55.1 Å². The second-order valence-electron chi connectivity index (χ2n) is 9.96. The van der Waals surface area contributed by atoms with Crippen LogP contribution in [-0.2, 0) is 38.8 Å². The van der Waals surface area contributed by atoms with Gasteiger partial charge in [0, 0.05) is 24.5 Å². The van der Waals surface area contributed by atoms with E-state index in [1.807, 2.05) is 0 Å². The predicted molar refractivity (Wildman–Crippen MR) is 170 cm³/mol. The Hall–Kier alpha value is -3.87. The van der Waals surface area contributed by atoms with Crippen molar-refractivity contribution < 1.29 is 31.2 Å². The Morgan fingerprint density at radius 1 is 0.889 bits per heavy atom. The quantitative estimate of drug-likeness (QED) is 0.187. The van der Waals surface area contributed by atoms with Crippen molar-refractivity contribution in [3.8, 4) is 0 Å². The molecule has 45 heavy (non-hydrogen) atoms. The summed E-state index contributed by atoms with van der Waals surface area (Å²) >= 11 is 9.23. The highest BCUT2D eigenvalue weighted by Crippen LogP contribution is 2.38. The number of sulfonamides is 1. The van der Waals surface area contributed by atoms with Crippen molar-refractivity contribution in [3.63, 3.8) is 0 Å². The fourth-order valence-corrected chi connectivity index (χ4v) is 6.79. The standard InChI is InChI=1S/C32H28BrClF3N3O4S/c1-38-31(42)29(18-22-9-4-2-5-10-22)39(20-23-11-8-12-24(33)17-23)30(41)21-40(45(43,44)26-13-6-3-7-14-26)25-15-16-28(34)27(19-25)32(35,36)37/h2-17,19,29H,18,20-21H2,1H3,(H,38,42)/t29-/m0/s1. The number of amides is 2. The number of rotatable bonds is 11. The Labute approximate surface area is 272 Å². The molecule has 4 aromatic carbocycles. The van der Waals surface area contributed by atoms with Gasteiger partial charge in [-0.1, -0.05) is 88.2 Å². The maximum absolute atomic E-state index is 14.3. The van der Waals surface area contributed by atoms with Crippen molar-refractivity contribution in [1.82, 2.24) is 10.2 Å². The molecule has 7 nitrogen and oxygen atoms in total. The van der Waals surface area contributed by atoms with Crippen LogP contribution in [0.2, 0.25) is 5.02 Å². The zero-order valence-electron chi connectivity index (χ0n) is 23.8. The van der Waals surface area contributed by atoms with Gasteiger partial charge in [0.1, 0.15) is 12.6 Å². The van der Waals surface area contributed by atoms with Crippen LogP contribution in [0.4, 0.5) is 18.9 Å². The van der Waals surface area contributed by atoms with Crippen LogP contribution in [-0.4, -0.2) is 44.8 Å². The number of halogens is 5. The molecule has 1 N–H and O–H groups in total. The van der Waals surface area contributed by atoms with E-state index in [0.29, 0.717) is 20.4 Å². The summed E-state index contributed by atoms with van der Waals surface area (Å²) in [6.45, 7) is -1.01. The molecule has 0 saturated carbocycles. The molecule has 4 aromatic rings. The van der Waals surface area contributed by atoms with Crippen LogP contribution in [0.3, 0.4) is 0 Å². The molecule has 0 heterocycles. The normalized spacial score (nSPS) is 12.3. The van der Waals surface area contributed by atoms with Crippen LogP contribution in [0, 0.1) is 0 Å². The van der Waals surface area contributed by atoms with Gasteiger partial charge in [0.05, 0.1) is 21.2 Å². The maximum Gasteiger partial charge on any atom is 0.417 e. The number of likely N-dealkylation sites (N-methyl/N-ethyl adjacent to an activating group) is 1. The molecule has 0 spiro atoms. The molecular weight excluding hydrogens is 695 g/mol. The first-order valence-electron chi connectivity index (χ1n) is 13.5. The number of nitrogens with zero attached hydrogens (tertiary/aromatic N) is 2. The van der Waals surface area contributed by atoms with Gasteiger partial charge in [-0.3, -0.25) is 13.9 Å². The highest BCUT2D eigenvalue weighted by Gasteiger charge is 2.37. The van der Waals surface area contributed by atoms with E-state index in [-0.39, 0.29) is 17.9 Å². The molecule has 4 rings (SSSR count). The summed E-state index contributed by atoms with van der Waals surface area (Å²) in [4.78, 5) is 28.6. The monoisotopic (exact) mass is 721 g/mol. The van der Waals surface area contributed by atoms with Gasteiger partial charge < -0.3 is 10.2 Å². The lowest BCUT2D eigenvalue weighted by atomic mass is 10.0. The Kier molecular flexibility index (Phi) is 10.9. The highest BCUT2D eigenvalue weighted by atomic mass is 79.9. The maximum atomic E-state index is 14.3. The summed E-state index contributed by atoms with van der Waals surface area (Å²) in [6, 6.07) is 24.5. The number of carbonyl (C=O) groups excluding carboxylic acids is 2. The molecule has 2 amide bonds. The van der Waals surface area contributed by atoms with Gasteiger partial charge in [-0.15, -0.1) is 0 Å². The van der Waals surface area contributed by atoms with E-state index in [1.165, 1.54) is 36.2 Å². The molecule has 0 bridgehead atoms. The van der Waals surface area contributed by atoms with Crippen molar-refractivity contribution in [2.75, 3.05) is 17.9 Å². The van der Waals surface area contributed by atoms with Crippen LogP contribution in [0.5, 0.6) is 0 Å². The van der Waals surface area contributed by atoms with Crippen molar-refractivity contribution in [2.45, 2.75) is 30.1 Å². The minimum Gasteiger partial charge on any atom is -0.357 e. The second kappa shape index (κ2) is 14.5. The molecule has 0 aliphatic rings. The highest BCUT2D eigenvalue weighted by molar-refractivity contribution is 9.10. The molecule has 13 heteroatoms. The molecule has 0 unspecified atom stereocenters. The fourth-order valence-electron chi connectivity index (χ4n) is 4.69. The Bertz CT molecular complexity index is 1760. The number of hydrogen-bond donors (Lipinski definition) is 1. The molecule has 0 aromatic heterocycles. The molecule has 236 valence electrons. The molecule has 1 atom stereocenters. The number of alkyl halides is 3. The third-order valence-corrected chi connectivity index (χ3v) is 9.52. The lowest BCUT2D eigenvalue weighted by Crippen LogP contribution is -2.53. The summed E-state index contributed by atoms with van der Waals surface area (Å²) in [7, 11) is -3.16. The molecular formula is C32H28BrClF3N3O4S. The van der Waals surface area contributed by atoms with Crippen molar-refractivity contribution in [2.24, 2.45) is 0 Å². The summed E-state index contributed by atoms with van der Waals surface area (Å²) in [5, 5.41) is 1.94. The Morgan fingerprint density at radius 2 is 1.51 bits per heavy atom. The summed E-state index contributed by atoms with van der Waals surface area (Å²) in [6.07, 6.45) is -4.81. The molecule has 0 fully saturated rings. The Morgan fingerprint density at radius 3 is 2.11 bits per heavy atom. The summed E-state index contributed by atoms with van der Waals surface area (Å²) in [5.41, 5.74) is -0.325. The van der Waals surface area contributed by atoms with Crippen LogP contribution in [0.1, 0.15) is 16.7 Å². The van der Waals surface area contributed by atoms with Crippen LogP contribution in [0.15, 0.2) is 112 Å². The molecule has 0 aliphatic heterocycles. The zero-order valence-corrected chi connectivity index (χ0v) is 27.0. The minimum atomic E-state index is -4.90. The van der Waals surface area contributed by atoms with Gasteiger partial charge in [0.15, 0.2) is 0 Å². The zero-order chi connectivity index (χ0) is 32.8. The minimum absolute atomic E-state index is 0.0882. The predicted octanol–water partition coefficient (Wildman–Crippen LogP) is 6.70. The van der Waals surface area contributed by atoms with Gasteiger partial charge in [-0.05, 0) is 53.6 Å². The largest absolute Gasteiger partial charge is 0.417 e. The number of carbonyl (C=O) groups is 2. The van der Waals surface area contributed by atoms with Gasteiger partial charge in [-0.2, -0.15) is 13.2 Å². The van der Waals surface area contributed by atoms with Crippen LogP contribution < -0.4 is 9.62 Å². The first-order valence-corrected chi connectivity index (χ1v) is 16.2. The summed E-state index contributed by atoms with van der Waals surface area (Å²) < 4.78 is 70.7. The smallest absolute Gasteiger partial charge is 0.357 e. The molecule has 0 radical (unpaired) electrons. The van der Waals surface area contributed by atoms with Gasteiger partial charge >= 0.3 is 6.18 Å². The van der Waals surface area contributed by atoms with Gasteiger partial charge in [0.2, 0.25) is 11.8 Å². The van der Waals surface area contributed by atoms with E-state index >= 15 is 0 Å². The average Bonchev–Trinajstić information content (AvgIpc) is 3.01. The van der Waals surface area contributed by atoms with E-state index in [9.17, 15) is 31.2 Å². The van der Waals surface area contributed by atoms with E-state index in [0.717, 1.165) is 17.7 Å². The average molecular weight is 723 g/mol. The van der Waals surface area contributed by atoms with Gasteiger partial charge in [0.25, 0.3) is 10.0 Å². The molecule has 0 aliphatic carbocycles. The van der Waals surface area contributed by atoms with Crippen molar-refractivity contribution in [1.29, 1.82) is 0 Å². The van der Waals surface area contributed by atoms with E-state index in [4.69, 9.17) is 11.6 Å². The molecule has 0 saturated heterocycles. The van der Waals surface area contributed by atoms with Crippen LogP contribution in [0.25, 0.3) is 0 Å². The van der Waals surface area contributed by atoms with E-state index in [2.05, 4.69) is 21.2 Å². The van der Waals surface area contributed by atoms with Crippen molar-refractivity contribution in [3.05, 3.63) is 129 Å². The van der Waals surface area contributed by atoms with Gasteiger partial charge in [-0.25, -0.2) is 8.42 Å². The number of benzene rings is 4. The number of nitrogens with one attached hydrogen (secondary N) is 1. The summed E-state index contributed by atoms with van der Waals surface area (Å²) in [5.74, 6) is -1.33. The van der Waals surface area contributed by atoms with E-state index in [1.54, 1.807) is 60.7 Å². The number of hydrogen-bond acceptors (Lipinski definition) is 4. The SMILES string of the molecule is CNC(=O)[C@H](Cc1ccccc1)N(Cc1cccc(Br)c1)C(=O)CN(c1ccc(Cl)c(C(F)(F)F)c1)S(=O)(=O)c1ccccc1.